The van der Waals surface area contributed by atoms with Crippen LogP contribution in [0.25, 0.3) is 0 Å². The maximum Gasteiger partial charge on any atom is 0.0375 e. The van der Waals surface area contributed by atoms with E-state index >= 15 is 0 Å². The van der Waals surface area contributed by atoms with Gasteiger partial charge in [0, 0.05) is 17.9 Å². The van der Waals surface area contributed by atoms with E-state index in [0.29, 0.717) is 6.04 Å². The van der Waals surface area contributed by atoms with Crippen LogP contribution in [0.5, 0.6) is 0 Å². The van der Waals surface area contributed by atoms with Crippen LogP contribution in [0.2, 0.25) is 0 Å². The second kappa shape index (κ2) is 7.04. The van der Waals surface area contributed by atoms with Crippen LogP contribution >= 0.6 is 0 Å². The number of rotatable bonds is 5. The first kappa shape index (κ1) is 14.5. The Morgan fingerprint density at radius 2 is 2.00 bits per heavy atom. The molecule has 0 amide bonds. The molecule has 0 bridgehead atoms. The van der Waals surface area contributed by atoms with Crippen molar-refractivity contribution in [1.29, 1.82) is 0 Å². The summed E-state index contributed by atoms with van der Waals surface area (Å²) >= 11 is 0. The summed E-state index contributed by atoms with van der Waals surface area (Å²) in [5.74, 6) is 1.77. The maximum atomic E-state index is 4.33. The molecule has 0 radical (unpaired) electrons. The second-order valence-electron chi connectivity index (χ2n) is 5.95. The van der Waals surface area contributed by atoms with E-state index in [9.17, 15) is 0 Å². The van der Waals surface area contributed by atoms with Gasteiger partial charge in [-0.15, -0.1) is 0 Å². The largest absolute Gasteiger partial charge is 0.310 e. The number of nitrogens with zero attached hydrogens (tertiary/aromatic N) is 1. The summed E-state index contributed by atoms with van der Waals surface area (Å²) in [5, 5.41) is 3.70. The third kappa shape index (κ3) is 3.79. The average molecular weight is 260 g/mol. The topological polar surface area (TPSA) is 24.9 Å². The molecular formula is C17H28N2. The number of aryl methyl sites for hydroxylation is 1. The van der Waals surface area contributed by atoms with Crippen molar-refractivity contribution in [2.45, 2.75) is 58.9 Å². The third-order valence-electron chi connectivity index (χ3n) is 4.64. The first-order chi connectivity index (χ1) is 9.24. The van der Waals surface area contributed by atoms with Crippen LogP contribution in [0.1, 0.15) is 63.3 Å². The Hall–Kier alpha value is -0.890. The molecule has 1 aromatic rings. The number of pyridine rings is 1. The Balaban J connectivity index is 2.08. The molecule has 1 unspecified atom stereocenters. The van der Waals surface area contributed by atoms with Crippen LogP contribution in [0, 0.1) is 18.8 Å². The van der Waals surface area contributed by atoms with Crippen molar-refractivity contribution in [2.24, 2.45) is 11.8 Å². The summed E-state index contributed by atoms with van der Waals surface area (Å²) in [6, 6.07) is 4.95. The van der Waals surface area contributed by atoms with Gasteiger partial charge in [0.2, 0.25) is 0 Å². The molecule has 2 rings (SSSR count). The van der Waals surface area contributed by atoms with Crippen LogP contribution in [-0.4, -0.2) is 11.5 Å². The SMILES string of the molecule is CCNC(c1ccnc(C)c1)C1CCC(CC)CC1. The Labute approximate surface area is 118 Å². The monoisotopic (exact) mass is 260 g/mol. The number of hydrogen-bond donors (Lipinski definition) is 1. The van der Waals surface area contributed by atoms with E-state index < -0.39 is 0 Å². The first-order valence-electron chi connectivity index (χ1n) is 7.90. The highest BCUT2D eigenvalue weighted by molar-refractivity contribution is 5.20. The van der Waals surface area contributed by atoms with Crippen molar-refractivity contribution in [2.75, 3.05) is 6.54 Å². The standard InChI is InChI=1S/C17H28N2/c1-4-14-6-8-15(9-7-14)17(18-5-2)16-10-11-19-13(3)12-16/h10-12,14-15,17-18H,4-9H2,1-3H3. The van der Waals surface area contributed by atoms with Crippen molar-refractivity contribution in [3.63, 3.8) is 0 Å². The molecule has 1 atom stereocenters. The van der Waals surface area contributed by atoms with Crippen molar-refractivity contribution >= 4 is 0 Å². The van der Waals surface area contributed by atoms with Gasteiger partial charge in [0.25, 0.3) is 0 Å². The molecule has 0 aliphatic heterocycles. The van der Waals surface area contributed by atoms with Gasteiger partial charge in [-0.1, -0.05) is 33.1 Å². The quantitative estimate of drug-likeness (QED) is 0.855. The molecule has 2 nitrogen and oxygen atoms in total. The van der Waals surface area contributed by atoms with Gasteiger partial charge in [0.05, 0.1) is 0 Å². The molecule has 2 heteroatoms. The fourth-order valence-electron chi connectivity index (χ4n) is 3.47. The molecule has 1 aliphatic carbocycles. The fourth-order valence-corrected chi connectivity index (χ4v) is 3.47. The number of aromatic nitrogens is 1. The molecule has 0 saturated heterocycles. The smallest absolute Gasteiger partial charge is 0.0375 e. The Kier molecular flexibility index (Phi) is 5.38. The summed E-state index contributed by atoms with van der Waals surface area (Å²) < 4.78 is 0. The van der Waals surface area contributed by atoms with Crippen molar-refractivity contribution in [3.05, 3.63) is 29.6 Å². The van der Waals surface area contributed by atoms with Gasteiger partial charge >= 0.3 is 0 Å². The lowest BCUT2D eigenvalue weighted by atomic mass is 9.76. The second-order valence-corrected chi connectivity index (χ2v) is 5.95. The van der Waals surface area contributed by atoms with Crippen LogP contribution in [-0.2, 0) is 0 Å². The van der Waals surface area contributed by atoms with E-state index in [1.165, 1.54) is 37.7 Å². The fraction of sp³-hybridized carbons (Fsp3) is 0.706. The highest BCUT2D eigenvalue weighted by atomic mass is 14.9. The van der Waals surface area contributed by atoms with Crippen LogP contribution < -0.4 is 5.32 Å². The lowest BCUT2D eigenvalue weighted by Gasteiger charge is -2.34. The Morgan fingerprint density at radius 1 is 1.26 bits per heavy atom. The molecule has 1 saturated carbocycles. The van der Waals surface area contributed by atoms with Crippen LogP contribution in [0.15, 0.2) is 18.3 Å². The summed E-state index contributed by atoms with van der Waals surface area (Å²) in [6.07, 6.45) is 8.87. The zero-order valence-electron chi connectivity index (χ0n) is 12.7. The van der Waals surface area contributed by atoms with Gasteiger partial charge in [0.15, 0.2) is 0 Å². The molecule has 0 aromatic carbocycles. The van der Waals surface area contributed by atoms with Gasteiger partial charge in [-0.05, 0) is 55.8 Å². The Morgan fingerprint density at radius 3 is 2.58 bits per heavy atom. The summed E-state index contributed by atoms with van der Waals surface area (Å²) in [4.78, 5) is 4.33. The van der Waals surface area contributed by atoms with Crippen molar-refractivity contribution < 1.29 is 0 Å². The highest BCUT2D eigenvalue weighted by Gasteiger charge is 2.27. The average Bonchev–Trinajstić information content (AvgIpc) is 2.45. The summed E-state index contributed by atoms with van der Waals surface area (Å²) in [7, 11) is 0. The van der Waals surface area contributed by atoms with Crippen LogP contribution in [0.4, 0.5) is 0 Å². The molecule has 1 N–H and O–H groups in total. The molecular weight excluding hydrogens is 232 g/mol. The minimum atomic E-state index is 0.518. The predicted octanol–water partition coefficient (Wildman–Crippen LogP) is 4.26. The molecule has 106 valence electrons. The van der Waals surface area contributed by atoms with E-state index in [4.69, 9.17) is 0 Å². The predicted molar refractivity (Wildman–Crippen MR) is 81.1 cm³/mol. The highest BCUT2D eigenvalue weighted by Crippen LogP contribution is 2.37. The summed E-state index contributed by atoms with van der Waals surface area (Å²) in [5.41, 5.74) is 2.55. The maximum absolute atomic E-state index is 4.33. The minimum absolute atomic E-state index is 0.518. The molecule has 19 heavy (non-hydrogen) atoms. The van der Waals surface area contributed by atoms with Gasteiger partial charge in [-0.25, -0.2) is 0 Å². The zero-order valence-corrected chi connectivity index (χ0v) is 12.7. The lowest BCUT2D eigenvalue weighted by Crippen LogP contribution is -2.31. The van der Waals surface area contributed by atoms with Crippen molar-refractivity contribution in [1.82, 2.24) is 10.3 Å². The van der Waals surface area contributed by atoms with Crippen LogP contribution in [0.3, 0.4) is 0 Å². The number of nitrogens with one attached hydrogen (secondary N) is 1. The van der Waals surface area contributed by atoms with E-state index in [1.807, 2.05) is 6.20 Å². The van der Waals surface area contributed by atoms with Crippen molar-refractivity contribution in [3.8, 4) is 0 Å². The normalized spacial score (nSPS) is 25.2. The zero-order chi connectivity index (χ0) is 13.7. The van der Waals surface area contributed by atoms with E-state index in [-0.39, 0.29) is 0 Å². The van der Waals surface area contributed by atoms with Gasteiger partial charge in [0.1, 0.15) is 0 Å². The molecule has 1 aliphatic rings. The Bertz CT molecular complexity index is 381. The molecule has 1 aromatic heterocycles. The molecule has 1 fully saturated rings. The molecule has 1 heterocycles. The van der Waals surface area contributed by atoms with Gasteiger partial charge in [-0.3, -0.25) is 4.98 Å². The molecule has 0 spiro atoms. The van der Waals surface area contributed by atoms with E-state index in [0.717, 1.165) is 24.1 Å². The minimum Gasteiger partial charge on any atom is -0.310 e. The summed E-state index contributed by atoms with van der Waals surface area (Å²) in [6.45, 7) is 7.66. The first-order valence-corrected chi connectivity index (χ1v) is 7.90. The number of hydrogen-bond acceptors (Lipinski definition) is 2. The third-order valence-corrected chi connectivity index (χ3v) is 4.64. The lowest BCUT2D eigenvalue weighted by molar-refractivity contribution is 0.220. The van der Waals surface area contributed by atoms with E-state index in [1.54, 1.807) is 0 Å². The van der Waals surface area contributed by atoms with Gasteiger partial charge in [-0.2, -0.15) is 0 Å². The van der Waals surface area contributed by atoms with E-state index in [2.05, 4.69) is 43.2 Å². The van der Waals surface area contributed by atoms with Gasteiger partial charge < -0.3 is 5.32 Å².